The van der Waals surface area contributed by atoms with Crippen molar-refractivity contribution in [1.29, 1.82) is 0 Å². The van der Waals surface area contributed by atoms with Crippen molar-refractivity contribution in [1.82, 2.24) is 0 Å². The lowest BCUT2D eigenvalue weighted by molar-refractivity contribution is -0.132. The molecule has 0 bridgehead atoms. The molecule has 0 spiro atoms. The maximum atomic E-state index is 13.2. The fourth-order valence-electron chi connectivity index (χ4n) is 3.83. The zero-order chi connectivity index (χ0) is 20.1. The molecule has 2 aliphatic carbocycles. The van der Waals surface area contributed by atoms with Crippen LogP contribution in [0.25, 0.3) is 0 Å². The molecule has 28 heavy (non-hydrogen) atoms. The summed E-state index contributed by atoms with van der Waals surface area (Å²) in [5.74, 6) is 0.176. The first-order valence-electron chi connectivity index (χ1n) is 9.84. The van der Waals surface area contributed by atoms with E-state index in [4.69, 9.17) is 4.74 Å². The number of halogens is 1. The molecular formula is C24H27FO3. The molecule has 148 valence electrons. The van der Waals surface area contributed by atoms with Gasteiger partial charge in [-0.1, -0.05) is 48.9 Å². The Kier molecular flexibility index (Phi) is 6.63. The average molecular weight is 382 g/mol. The number of carbonyl (C=O) groups is 1. The number of aliphatic hydroxyl groups is 1. The molecule has 0 aliphatic heterocycles. The topological polar surface area (TPSA) is 46.5 Å². The van der Waals surface area contributed by atoms with Crippen molar-refractivity contribution in [2.45, 2.75) is 52.1 Å². The van der Waals surface area contributed by atoms with Gasteiger partial charge in [0.1, 0.15) is 11.6 Å². The van der Waals surface area contributed by atoms with Crippen LogP contribution >= 0.6 is 0 Å². The minimum absolute atomic E-state index is 0.0481. The number of aliphatic hydroxyl groups excluding tert-OH is 1. The molecule has 0 fully saturated rings. The fourth-order valence-corrected chi connectivity index (χ4v) is 3.83. The maximum absolute atomic E-state index is 13.2. The van der Waals surface area contributed by atoms with E-state index in [1.807, 2.05) is 12.1 Å². The highest BCUT2D eigenvalue weighted by Gasteiger charge is 2.21. The summed E-state index contributed by atoms with van der Waals surface area (Å²) in [6.45, 7) is 3.47. The molecule has 0 saturated heterocycles. The van der Waals surface area contributed by atoms with E-state index in [0.717, 1.165) is 19.3 Å². The minimum atomic E-state index is -0.703. The van der Waals surface area contributed by atoms with Gasteiger partial charge in [0.2, 0.25) is 0 Å². The lowest BCUT2D eigenvalue weighted by atomic mass is 9.83. The lowest BCUT2D eigenvalue weighted by Crippen LogP contribution is -2.11. The summed E-state index contributed by atoms with van der Waals surface area (Å²) in [5.41, 5.74) is 4.43. The largest absolute Gasteiger partial charge is 0.426 e. The average Bonchev–Trinajstić information content (AvgIpc) is 2.68. The molecular weight excluding hydrogens is 355 g/mol. The van der Waals surface area contributed by atoms with E-state index in [9.17, 15) is 14.3 Å². The van der Waals surface area contributed by atoms with E-state index in [0.29, 0.717) is 24.2 Å². The molecule has 1 N–H and O–H groups in total. The molecule has 3 rings (SSSR count). The van der Waals surface area contributed by atoms with Crippen molar-refractivity contribution >= 4 is 5.97 Å². The normalized spacial score (nSPS) is 19.0. The zero-order valence-electron chi connectivity index (χ0n) is 16.5. The van der Waals surface area contributed by atoms with Gasteiger partial charge in [-0.25, -0.2) is 4.39 Å². The highest BCUT2D eigenvalue weighted by atomic mass is 19.1. The van der Waals surface area contributed by atoms with Crippen LogP contribution < -0.4 is 4.74 Å². The van der Waals surface area contributed by atoms with Crippen LogP contribution in [0.15, 0.2) is 71.1 Å². The van der Waals surface area contributed by atoms with E-state index in [2.05, 4.69) is 19.1 Å². The van der Waals surface area contributed by atoms with Crippen LogP contribution in [0.4, 0.5) is 4.39 Å². The van der Waals surface area contributed by atoms with Crippen molar-refractivity contribution in [3.63, 3.8) is 0 Å². The Hall–Kier alpha value is -2.46. The molecule has 0 saturated carbocycles. The van der Waals surface area contributed by atoms with Crippen molar-refractivity contribution in [2.75, 3.05) is 0 Å². The second-order valence-corrected chi connectivity index (χ2v) is 7.52. The molecule has 0 radical (unpaired) electrons. The van der Waals surface area contributed by atoms with Crippen molar-refractivity contribution in [2.24, 2.45) is 5.92 Å². The minimum Gasteiger partial charge on any atom is -0.426 e. The SMILES string of the molecule is CC(=O)Oc1ccccc1C(O)CC(C)C1=CC=C(C2=CC=C(F)CC2)CC1. The molecule has 1 aromatic carbocycles. The summed E-state index contributed by atoms with van der Waals surface area (Å²) >= 11 is 0. The third-order valence-electron chi connectivity index (χ3n) is 5.43. The number of esters is 1. The van der Waals surface area contributed by atoms with Gasteiger partial charge in [0.05, 0.1) is 6.10 Å². The van der Waals surface area contributed by atoms with Crippen LogP contribution in [0.5, 0.6) is 5.75 Å². The molecule has 0 heterocycles. The number of ether oxygens (including phenoxy) is 1. The Morgan fingerprint density at radius 2 is 1.75 bits per heavy atom. The molecule has 4 heteroatoms. The number of hydrogen-bond acceptors (Lipinski definition) is 3. The number of rotatable bonds is 6. The van der Waals surface area contributed by atoms with E-state index in [1.54, 1.807) is 24.3 Å². The van der Waals surface area contributed by atoms with Gasteiger partial charge in [0.15, 0.2) is 0 Å². The Balaban J connectivity index is 1.67. The number of benzene rings is 1. The first kappa shape index (κ1) is 20.3. The summed E-state index contributed by atoms with van der Waals surface area (Å²) in [5, 5.41) is 10.7. The predicted octanol–water partition coefficient (Wildman–Crippen LogP) is 5.89. The predicted molar refractivity (Wildman–Crippen MR) is 108 cm³/mol. The van der Waals surface area contributed by atoms with E-state index < -0.39 is 12.1 Å². The summed E-state index contributed by atoms with van der Waals surface area (Å²) in [6, 6.07) is 7.12. The van der Waals surface area contributed by atoms with Gasteiger partial charge in [-0.3, -0.25) is 4.79 Å². The molecule has 0 amide bonds. The quantitative estimate of drug-likeness (QED) is 0.493. The van der Waals surface area contributed by atoms with Gasteiger partial charge in [-0.15, -0.1) is 0 Å². The number of allylic oxidation sites excluding steroid dienone is 8. The lowest BCUT2D eigenvalue weighted by Gasteiger charge is -2.24. The third kappa shape index (κ3) is 5.08. The summed E-state index contributed by atoms with van der Waals surface area (Å²) in [6.07, 6.45) is 10.7. The Morgan fingerprint density at radius 3 is 2.36 bits per heavy atom. The van der Waals surface area contributed by atoms with E-state index >= 15 is 0 Å². The third-order valence-corrected chi connectivity index (χ3v) is 5.43. The van der Waals surface area contributed by atoms with Crippen LogP contribution in [0.2, 0.25) is 0 Å². The molecule has 3 nitrogen and oxygen atoms in total. The van der Waals surface area contributed by atoms with Crippen LogP contribution in [-0.4, -0.2) is 11.1 Å². The van der Waals surface area contributed by atoms with Crippen molar-refractivity contribution in [3.8, 4) is 5.75 Å². The van der Waals surface area contributed by atoms with Crippen LogP contribution in [0.3, 0.4) is 0 Å². The zero-order valence-corrected chi connectivity index (χ0v) is 16.5. The van der Waals surface area contributed by atoms with Crippen LogP contribution in [0.1, 0.15) is 57.6 Å². The molecule has 0 aromatic heterocycles. The second kappa shape index (κ2) is 9.16. The number of carbonyl (C=O) groups excluding carboxylic acids is 1. The summed E-state index contributed by atoms with van der Waals surface area (Å²) in [7, 11) is 0. The molecule has 2 unspecified atom stereocenters. The molecule has 1 aromatic rings. The first-order chi connectivity index (χ1) is 13.4. The Labute approximate surface area is 165 Å². The standard InChI is InChI=1S/C24H27FO3/c1-16(15-23(27)22-5-3-4-6-24(22)28-17(2)26)18-7-9-19(10-8-18)20-11-13-21(25)14-12-20/h3-7,9,11,13,16,23,27H,8,10,12,14-15H2,1-2H3. The van der Waals surface area contributed by atoms with E-state index in [1.165, 1.54) is 23.6 Å². The van der Waals surface area contributed by atoms with Gasteiger partial charge < -0.3 is 9.84 Å². The van der Waals surface area contributed by atoms with Gasteiger partial charge >= 0.3 is 5.97 Å². The van der Waals surface area contributed by atoms with Gasteiger partial charge in [-0.05, 0) is 54.9 Å². The first-order valence-corrected chi connectivity index (χ1v) is 9.84. The molecule has 2 atom stereocenters. The van der Waals surface area contributed by atoms with Gasteiger partial charge in [0, 0.05) is 18.9 Å². The smallest absolute Gasteiger partial charge is 0.308 e. The highest BCUT2D eigenvalue weighted by Crippen LogP contribution is 2.36. The van der Waals surface area contributed by atoms with Crippen molar-refractivity contribution in [3.05, 3.63) is 76.7 Å². The molecule has 2 aliphatic rings. The second-order valence-electron chi connectivity index (χ2n) is 7.52. The summed E-state index contributed by atoms with van der Waals surface area (Å²) in [4.78, 5) is 11.3. The van der Waals surface area contributed by atoms with Crippen LogP contribution in [0, 0.1) is 5.92 Å². The van der Waals surface area contributed by atoms with Crippen molar-refractivity contribution < 1.29 is 19.0 Å². The maximum Gasteiger partial charge on any atom is 0.308 e. The van der Waals surface area contributed by atoms with E-state index in [-0.39, 0.29) is 11.7 Å². The highest BCUT2D eigenvalue weighted by molar-refractivity contribution is 5.69. The van der Waals surface area contributed by atoms with Gasteiger partial charge in [0.25, 0.3) is 0 Å². The number of para-hydroxylation sites is 1. The summed E-state index contributed by atoms with van der Waals surface area (Å²) < 4.78 is 18.4. The van der Waals surface area contributed by atoms with Gasteiger partial charge in [-0.2, -0.15) is 0 Å². The van der Waals surface area contributed by atoms with Crippen LogP contribution in [-0.2, 0) is 4.79 Å². The number of hydrogen-bond donors (Lipinski definition) is 1. The monoisotopic (exact) mass is 382 g/mol. The Morgan fingerprint density at radius 1 is 1.07 bits per heavy atom. The Bertz CT molecular complexity index is 860. The fraction of sp³-hybridized carbons (Fsp3) is 0.375.